The van der Waals surface area contributed by atoms with Crippen molar-refractivity contribution in [2.75, 3.05) is 23.0 Å². The van der Waals surface area contributed by atoms with Gasteiger partial charge in [-0.15, -0.1) is 0 Å². The zero-order chi connectivity index (χ0) is 26.2. The SMILES string of the molecule is COc1cc(N2C(=S)NC(c3ccccn3)C2c2ccc(C)n2-c2ccccc2)ccc1NS(C)(=O)=O. The molecule has 0 bridgehead atoms. The molecular formula is C27H27N5O3S2. The number of hydrogen-bond acceptors (Lipinski definition) is 5. The monoisotopic (exact) mass is 533 g/mol. The molecule has 0 radical (unpaired) electrons. The minimum Gasteiger partial charge on any atom is -0.494 e. The van der Waals surface area contributed by atoms with Crippen LogP contribution in [0.2, 0.25) is 0 Å². The van der Waals surface area contributed by atoms with Gasteiger partial charge >= 0.3 is 0 Å². The summed E-state index contributed by atoms with van der Waals surface area (Å²) in [6.45, 7) is 2.08. The molecule has 1 fully saturated rings. The van der Waals surface area contributed by atoms with Gasteiger partial charge in [-0.05, 0) is 67.7 Å². The first-order valence-corrected chi connectivity index (χ1v) is 14.0. The average molecular weight is 534 g/mol. The van der Waals surface area contributed by atoms with E-state index in [-0.39, 0.29) is 12.1 Å². The Kier molecular flexibility index (Phi) is 6.61. The number of ether oxygens (including phenoxy) is 1. The zero-order valence-electron chi connectivity index (χ0n) is 20.6. The molecule has 2 atom stereocenters. The summed E-state index contributed by atoms with van der Waals surface area (Å²) in [5.41, 5.74) is 5.14. The fourth-order valence-electron chi connectivity index (χ4n) is 4.77. The topological polar surface area (TPSA) is 88.5 Å². The van der Waals surface area contributed by atoms with Gasteiger partial charge in [0.05, 0.1) is 30.8 Å². The van der Waals surface area contributed by atoms with E-state index in [1.165, 1.54) is 7.11 Å². The number of pyridine rings is 1. The molecule has 0 saturated carbocycles. The van der Waals surface area contributed by atoms with Crippen molar-refractivity contribution in [1.29, 1.82) is 0 Å². The van der Waals surface area contributed by atoms with Crippen LogP contribution in [-0.2, 0) is 10.0 Å². The molecular weight excluding hydrogens is 506 g/mol. The van der Waals surface area contributed by atoms with Gasteiger partial charge in [0.2, 0.25) is 10.0 Å². The lowest BCUT2D eigenvalue weighted by Gasteiger charge is -2.30. The lowest BCUT2D eigenvalue weighted by Crippen LogP contribution is -2.30. The van der Waals surface area contributed by atoms with Crippen molar-refractivity contribution in [3.8, 4) is 11.4 Å². The van der Waals surface area contributed by atoms with E-state index in [1.54, 1.807) is 18.3 Å². The number of hydrogen-bond donors (Lipinski definition) is 2. The van der Waals surface area contributed by atoms with Gasteiger partial charge in [0.15, 0.2) is 5.11 Å². The quantitative estimate of drug-likeness (QED) is 0.332. The molecule has 2 aromatic carbocycles. The molecule has 0 aliphatic carbocycles. The van der Waals surface area contributed by atoms with Gasteiger partial charge in [-0.1, -0.05) is 24.3 Å². The Bertz CT molecular complexity index is 1540. The summed E-state index contributed by atoms with van der Waals surface area (Å²) < 4.78 is 34.0. The van der Waals surface area contributed by atoms with Crippen LogP contribution in [0, 0.1) is 6.92 Å². The molecule has 2 aromatic heterocycles. The summed E-state index contributed by atoms with van der Waals surface area (Å²) in [5, 5.41) is 4.01. The minimum atomic E-state index is -3.48. The molecule has 1 aliphatic rings. The zero-order valence-corrected chi connectivity index (χ0v) is 22.3. The summed E-state index contributed by atoms with van der Waals surface area (Å²) in [6.07, 6.45) is 2.88. The van der Waals surface area contributed by atoms with Crippen LogP contribution in [0.3, 0.4) is 0 Å². The van der Waals surface area contributed by atoms with Crippen LogP contribution in [0.25, 0.3) is 5.69 Å². The fraction of sp³-hybridized carbons (Fsp3) is 0.185. The predicted octanol–water partition coefficient (Wildman–Crippen LogP) is 4.74. The van der Waals surface area contributed by atoms with Crippen molar-refractivity contribution in [3.05, 3.63) is 102 Å². The lowest BCUT2D eigenvalue weighted by molar-refractivity contribution is 0.417. The maximum atomic E-state index is 11.9. The normalized spacial score (nSPS) is 17.5. The predicted molar refractivity (Wildman–Crippen MR) is 150 cm³/mol. The van der Waals surface area contributed by atoms with Gasteiger partial charge in [0.25, 0.3) is 0 Å². The number of thiocarbonyl (C=S) groups is 1. The number of sulfonamides is 1. The largest absolute Gasteiger partial charge is 0.494 e. The van der Waals surface area contributed by atoms with E-state index in [4.69, 9.17) is 17.0 Å². The van der Waals surface area contributed by atoms with Crippen LogP contribution in [0.4, 0.5) is 11.4 Å². The van der Waals surface area contributed by atoms with Crippen LogP contribution in [-0.4, -0.2) is 36.4 Å². The number of nitrogens with one attached hydrogen (secondary N) is 2. The Morgan fingerprint density at radius 3 is 2.43 bits per heavy atom. The number of nitrogens with zero attached hydrogens (tertiary/aromatic N) is 3. The third kappa shape index (κ3) is 4.90. The van der Waals surface area contributed by atoms with Gasteiger partial charge in [0.1, 0.15) is 11.8 Å². The number of rotatable bonds is 7. The van der Waals surface area contributed by atoms with Crippen LogP contribution >= 0.6 is 12.2 Å². The highest BCUT2D eigenvalue weighted by Crippen LogP contribution is 2.44. The van der Waals surface area contributed by atoms with Crippen molar-refractivity contribution < 1.29 is 13.2 Å². The van der Waals surface area contributed by atoms with E-state index >= 15 is 0 Å². The van der Waals surface area contributed by atoms with E-state index in [9.17, 15) is 8.42 Å². The molecule has 0 amide bonds. The molecule has 37 heavy (non-hydrogen) atoms. The first-order chi connectivity index (χ1) is 17.8. The second-order valence-corrected chi connectivity index (χ2v) is 11.0. The highest BCUT2D eigenvalue weighted by Gasteiger charge is 2.42. The third-order valence-corrected chi connectivity index (χ3v) is 7.19. The molecule has 8 nitrogen and oxygen atoms in total. The number of benzene rings is 2. The van der Waals surface area contributed by atoms with Crippen LogP contribution in [0.15, 0.2) is 85.1 Å². The number of para-hydroxylation sites is 1. The Hall–Kier alpha value is -3.89. The van der Waals surface area contributed by atoms with Gasteiger partial charge in [0, 0.05) is 35.0 Å². The maximum absolute atomic E-state index is 11.9. The number of aromatic nitrogens is 2. The maximum Gasteiger partial charge on any atom is 0.229 e. The van der Waals surface area contributed by atoms with Gasteiger partial charge < -0.3 is 19.5 Å². The molecule has 2 unspecified atom stereocenters. The summed E-state index contributed by atoms with van der Waals surface area (Å²) in [4.78, 5) is 6.67. The molecule has 1 aliphatic heterocycles. The van der Waals surface area contributed by atoms with Crippen molar-refractivity contribution in [2.45, 2.75) is 19.0 Å². The van der Waals surface area contributed by atoms with Crippen molar-refractivity contribution in [3.63, 3.8) is 0 Å². The Morgan fingerprint density at radius 1 is 1.00 bits per heavy atom. The Balaban J connectivity index is 1.67. The van der Waals surface area contributed by atoms with Gasteiger partial charge in [-0.2, -0.15) is 0 Å². The molecule has 10 heteroatoms. The number of anilines is 2. The first kappa shape index (κ1) is 24.8. The van der Waals surface area contributed by atoms with Crippen molar-refractivity contribution >= 4 is 38.7 Å². The summed E-state index contributed by atoms with van der Waals surface area (Å²) in [7, 11) is -1.97. The molecule has 1 saturated heterocycles. The third-order valence-electron chi connectivity index (χ3n) is 6.28. The Labute approximate surface area is 222 Å². The van der Waals surface area contributed by atoms with Crippen molar-refractivity contribution in [2.24, 2.45) is 0 Å². The van der Waals surface area contributed by atoms with Crippen LogP contribution in [0.5, 0.6) is 5.75 Å². The minimum absolute atomic E-state index is 0.231. The van der Waals surface area contributed by atoms with Crippen LogP contribution < -0.4 is 19.7 Å². The number of aryl methyl sites for hydroxylation is 1. The molecule has 0 spiro atoms. The van der Waals surface area contributed by atoms with Gasteiger partial charge in [-0.3, -0.25) is 9.71 Å². The summed E-state index contributed by atoms with van der Waals surface area (Å²) >= 11 is 5.87. The van der Waals surface area contributed by atoms with Crippen molar-refractivity contribution in [1.82, 2.24) is 14.9 Å². The summed E-state index contributed by atoms with van der Waals surface area (Å²) in [6, 6.07) is 25.0. The van der Waals surface area contributed by atoms with E-state index in [0.29, 0.717) is 16.5 Å². The second-order valence-electron chi connectivity index (χ2n) is 8.83. The number of methoxy groups -OCH3 is 1. The van der Waals surface area contributed by atoms with E-state index in [2.05, 4.69) is 50.8 Å². The van der Waals surface area contributed by atoms with E-state index in [1.807, 2.05) is 47.4 Å². The molecule has 2 N–H and O–H groups in total. The smallest absolute Gasteiger partial charge is 0.229 e. The van der Waals surface area contributed by atoms with E-state index < -0.39 is 10.0 Å². The fourth-order valence-corrected chi connectivity index (χ4v) is 5.68. The second kappa shape index (κ2) is 9.87. The van der Waals surface area contributed by atoms with Crippen LogP contribution in [0.1, 0.15) is 29.2 Å². The molecule has 4 aromatic rings. The molecule has 5 rings (SSSR count). The standard InChI is InChI=1S/C27H27N5O3S2/c1-18-12-15-23(31(18)19-9-5-4-6-10-19)26-25(22-11-7-8-16-28-22)29-27(36)32(26)20-13-14-21(24(17-20)35-2)30-37(3,33)34/h4-17,25-26,30H,1-3H3,(H,29,36). The average Bonchev–Trinajstić information content (AvgIpc) is 3.43. The van der Waals surface area contributed by atoms with Gasteiger partial charge in [-0.25, -0.2) is 8.42 Å². The lowest BCUT2D eigenvalue weighted by atomic mass is 10.0. The highest BCUT2D eigenvalue weighted by atomic mass is 32.2. The highest BCUT2D eigenvalue weighted by molar-refractivity contribution is 7.92. The summed E-state index contributed by atoms with van der Waals surface area (Å²) in [5.74, 6) is 0.389. The molecule has 3 heterocycles. The Morgan fingerprint density at radius 2 is 1.76 bits per heavy atom. The molecule has 190 valence electrons. The van der Waals surface area contributed by atoms with E-state index in [0.717, 1.165) is 34.7 Å². The first-order valence-electron chi connectivity index (χ1n) is 11.7.